The maximum atomic E-state index is 6.07. The third-order valence-electron chi connectivity index (χ3n) is 4.52. The normalized spacial score (nSPS) is 12.3. The van der Waals surface area contributed by atoms with Crippen molar-refractivity contribution in [3.05, 3.63) is 0 Å². The lowest BCUT2D eigenvalue weighted by molar-refractivity contribution is 0.148. The first kappa shape index (κ1) is 22.1. The van der Waals surface area contributed by atoms with Crippen LogP contribution in [0.3, 0.4) is 0 Å². The summed E-state index contributed by atoms with van der Waals surface area (Å²) in [5, 5.41) is 0. The van der Waals surface area contributed by atoms with Crippen molar-refractivity contribution >= 4 is 8.56 Å². The van der Waals surface area contributed by atoms with Crippen LogP contribution in [-0.2, 0) is 8.85 Å². The zero-order valence-electron chi connectivity index (χ0n) is 16.1. The van der Waals surface area contributed by atoms with Crippen LogP contribution in [0.15, 0.2) is 0 Å². The summed E-state index contributed by atoms with van der Waals surface area (Å²) < 4.78 is 12.1. The molecule has 0 saturated heterocycles. The second kappa shape index (κ2) is 14.7. The Bertz CT molecular complexity index is 227. The molecule has 0 rings (SSSR count). The van der Waals surface area contributed by atoms with Gasteiger partial charge in [0.15, 0.2) is 0 Å². The number of rotatable bonds is 16. The Kier molecular flexibility index (Phi) is 14.8. The van der Waals surface area contributed by atoms with E-state index >= 15 is 0 Å². The molecule has 22 heavy (non-hydrogen) atoms. The minimum Gasteiger partial charge on any atom is -0.395 e. The SMILES string of the molecule is CCCCCCCCCCCO[Si](C)(C)OCC(CC)CC. The third-order valence-corrected chi connectivity index (χ3v) is 6.28. The van der Waals surface area contributed by atoms with Crippen molar-refractivity contribution in [1.29, 1.82) is 0 Å². The molecule has 0 unspecified atom stereocenters. The maximum Gasteiger partial charge on any atom is 0.331 e. The lowest BCUT2D eigenvalue weighted by Crippen LogP contribution is -2.36. The van der Waals surface area contributed by atoms with Crippen molar-refractivity contribution in [2.45, 2.75) is 104 Å². The molecule has 0 aliphatic rings. The van der Waals surface area contributed by atoms with E-state index in [1.54, 1.807) is 0 Å². The second-order valence-corrected chi connectivity index (χ2v) is 10.4. The zero-order valence-corrected chi connectivity index (χ0v) is 17.1. The van der Waals surface area contributed by atoms with Crippen molar-refractivity contribution in [2.24, 2.45) is 5.92 Å². The van der Waals surface area contributed by atoms with Gasteiger partial charge < -0.3 is 8.85 Å². The summed E-state index contributed by atoms with van der Waals surface area (Å²) in [5.74, 6) is 0.697. The zero-order chi connectivity index (χ0) is 16.7. The fraction of sp³-hybridized carbons (Fsp3) is 1.00. The highest BCUT2D eigenvalue weighted by molar-refractivity contribution is 6.64. The molecule has 0 fully saturated rings. The van der Waals surface area contributed by atoms with Gasteiger partial charge in [0.05, 0.1) is 0 Å². The third kappa shape index (κ3) is 13.8. The van der Waals surface area contributed by atoms with Crippen LogP contribution in [0.1, 0.15) is 91.4 Å². The number of unbranched alkanes of at least 4 members (excludes halogenated alkanes) is 8. The fourth-order valence-corrected chi connectivity index (χ4v) is 3.97. The Labute approximate surface area is 141 Å². The van der Waals surface area contributed by atoms with Gasteiger partial charge in [0.2, 0.25) is 0 Å². The van der Waals surface area contributed by atoms with Crippen molar-refractivity contribution in [1.82, 2.24) is 0 Å². The average Bonchev–Trinajstić information content (AvgIpc) is 2.50. The van der Waals surface area contributed by atoms with Crippen LogP contribution in [-0.4, -0.2) is 21.8 Å². The Hall–Kier alpha value is 0.137. The molecule has 0 aromatic carbocycles. The molecule has 0 aliphatic heterocycles. The molecule has 0 saturated carbocycles. The van der Waals surface area contributed by atoms with Gasteiger partial charge in [-0.05, 0) is 25.4 Å². The smallest absolute Gasteiger partial charge is 0.331 e. The van der Waals surface area contributed by atoms with Gasteiger partial charge in [0.1, 0.15) is 0 Å². The monoisotopic (exact) mass is 330 g/mol. The van der Waals surface area contributed by atoms with Gasteiger partial charge in [-0.2, -0.15) is 0 Å². The van der Waals surface area contributed by atoms with E-state index in [0.29, 0.717) is 5.92 Å². The molecule has 0 amide bonds. The summed E-state index contributed by atoms with van der Waals surface area (Å²) in [5.41, 5.74) is 0. The molecule has 0 aromatic rings. The van der Waals surface area contributed by atoms with Gasteiger partial charge in [-0.25, -0.2) is 0 Å². The van der Waals surface area contributed by atoms with Crippen molar-refractivity contribution in [2.75, 3.05) is 13.2 Å². The number of hydrogen-bond donors (Lipinski definition) is 0. The van der Waals surface area contributed by atoms with E-state index in [9.17, 15) is 0 Å². The first-order valence-electron chi connectivity index (χ1n) is 9.83. The van der Waals surface area contributed by atoms with E-state index in [1.165, 1.54) is 70.6 Å². The molecule has 0 bridgehead atoms. The predicted octanol–water partition coefficient (Wildman–Crippen LogP) is 6.69. The fourth-order valence-electron chi connectivity index (χ4n) is 2.62. The largest absolute Gasteiger partial charge is 0.395 e. The first-order chi connectivity index (χ1) is 10.6. The minimum atomic E-state index is -1.89. The topological polar surface area (TPSA) is 18.5 Å². The van der Waals surface area contributed by atoms with Crippen LogP contribution >= 0.6 is 0 Å². The molecule has 2 nitrogen and oxygen atoms in total. The minimum absolute atomic E-state index is 0.697. The maximum absolute atomic E-state index is 6.07. The van der Waals surface area contributed by atoms with Gasteiger partial charge in [-0.1, -0.05) is 85.0 Å². The summed E-state index contributed by atoms with van der Waals surface area (Å²) in [7, 11) is -1.89. The van der Waals surface area contributed by atoms with E-state index in [1.807, 2.05) is 0 Å². The molecule has 0 heterocycles. The molecule has 0 spiro atoms. The molecular formula is C19H42O2Si. The average molecular weight is 331 g/mol. The van der Waals surface area contributed by atoms with Crippen LogP contribution in [0.5, 0.6) is 0 Å². The lowest BCUT2D eigenvalue weighted by Gasteiger charge is -2.25. The Morgan fingerprint density at radius 1 is 0.682 bits per heavy atom. The quantitative estimate of drug-likeness (QED) is 0.232. The van der Waals surface area contributed by atoms with Gasteiger partial charge in [0, 0.05) is 13.2 Å². The van der Waals surface area contributed by atoms with Crippen molar-refractivity contribution < 1.29 is 8.85 Å². The summed E-state index contributed by atoms with van der Waals surface area (Å²) >= 11 is 0. The van der Waals surface area contributed by atoms with E-state index < -0.39 is 8.56 Å². The molecule has 0 atom stereocenters. The number of hydrogen-bond acceptors (Lipinski definition) is 2. The van der Waals surface area contributed by atoms with E-state index in [2.05, 4.69) is 33.9 Å². The Balaban J connectivity index is 3.44. The second-order valence-electron chi connectivity index (χ2n) is 7.07. The molecule has 0 aromatic heterocycles. The van der Waals surface area contributed by atoms with Crippen LogP contribution in [0.4, 0.5) is 0 Å². The van der Waals surface area contributed by atoms with E-state index in [-0.39, 0.29) is 0 Å². The van der Waals surface area contributed by atoms with Crippen LogP contribution in [0, 0.1) is 5.92 Å². The molecule has 0 aliphatic carbocycles. The van der Waals surface area contributed by atoms with Gasteiger partial charge in [-0.15, -0.1) is 0 Å². The van der Waals surface area contributed by atoms with Crippen LogP contribution in [0.25, 0.3) is 0 Å². The Morgan fingerprint density at radius 3 is 1.68 bits per heavy atom. The summed E-state index contributed by atoms with van der Waals surface area (Å²) in [6.45, 7) is 12.9. The lowest BCUT2D eigenvalue weighted by atomic mass is 10.1. The van der Waals surface area contributed by atoms with Crippen LogP contribution in [0.2, 0.25) is 13.1 Å². The highest BCUT2D eigenvalue weighted by Crippen LogP contribution is 2.15. The van der Waals surface area contributed by atoms with E-state index in [0.717, 1.165) is 13.2 Å². The summed E-state index contributed by atoms with van der Waals surface area (Å²) in [6.07, 6.45) is 14.7. The van der Waals surface area contributed by atoms with Gasteiger partial charge >= 0.3 is 8.56 Å². The van der Waals surface area contributed by atoms with Crippen molar-refractivity contribution in [3.8, 4) is 0 Å². The predicted molar refractivity (Wildman–Crippen MR) is 101 cm³/mol. The van der Waals surface area contributed by atoms with E-state index in [4.69, 9.17) is 8.85 Å². The summed E-state index contributed by atoms with van der Waals surface area (Å²) in [6, 6.07) is 0. The molecular weight excluding hydrogens is 288 g/mol. The molecule has 0 radical (unpaired) electrons. The van der Waals surface area contributed by atoms with Gasteiger partial charge in [-0.3, -0.25) is 0 Å². The van der Waals surface area contributed by atoms with Crippen LogP contribution < -0.4 is 0 Å². The first-order valence-corrected chi connectivity index (χ1v) is 12.6. The standard InChI is InChI=1S/C19H42O2Si/c1-6-9-10-11-12-13-14-15-16-17-20-22(4,5)21-18-19(7-2)8-3/h19H,6-18H2,1-5H3. The molecule has 0 N–H and O–H groups in total. The molecule has 3 heteroatoms. The highest BCUT2D eigenvalue weighted by atomic mass is 28.4. The van der Waals surface area contributed by atoms with Crippen molar-refractivity contribution in [3.63, 3.8) is 0 Å². The molecule has 134 valence electrons. The Morgan fingerprint density at radius 2 is 1.18 bits per heavy atom. The van der Waals surface area contributed by atoms with Gasteiger partial charge in [0.25, 0.3) is 0 Å². The highest BCUT2D eigenvalue weighted by Gasteiger charge is 2.25. The summed E-state index contributed by atoms with van der Waals surface area (Å²) in [4.78, 5) is 0.